The third-order valence-corrected chi connectivity index (χ3v) is 7.89. The van der Waals surface area contributed by atoms with Gasteiger partial charge < -0.3 is 9.47 Å². The summed E-state index contributed by atoms with van der Waals surface area (Å²) in [5.41, 5.74) is 1.34. The van der Waals surface area contributed by atoms with E-state index in [9.17, 15) is 14.4 Å². The highest BCUT2D eigenvalue weighted by molar-refractivity contribution is 5.96. The van der Waals surface area contributed by atoms with Crippen LogP contribution in [0.3, 0.4) is 0 Å². The summed E-state index contributed by atoms with van der Waals surface area (Å²) in [5.74, 6) is 1.48. The molecule has 0 saturated heterocycles. The molecule has 0 aromatic carbocycles. The van der Waals surface area contributed by atoms with Gasteiger partial charge in [-0.25, -0.2) is 0 Å². The van der Waals surface area contributed by atoms with E-state index in [2.05, 4.69) is 6.92 Å². The summed E-state index contributed by atoms with van der Waals surface area (Å²) in [5, 5.41) is 0. The van der Waals surface area contributed by atoms with Crippen LogP contribution < -0.4 is 0 Å². The van der Waals surface area contributed by atoms with Crippen LogP contribution in [-0.4, -0.2) is 29.9 Å². The zero-order valence-corrected chi connectivity index (χ0v) is 16.5. The molecule has 4 aliphatic carbocycles. The quantitative estimate of drug-likeness (QED) is 0.691. The predicted octanol–water partition coefficient (Wildman–Crippen LogP) is 3.60. The van der Waals surface area contributed by atoms with E-state index < -0.39 is 6.10 Å². The fraction of sp³-hybridized carbons (Fsp3) is 0.773. The monoisotopic (exact) mass is 374 g/mol. The van der Waals surface area contributed by atoms with E-state index in [1.807, 2.05) is 0 Å². The average Bonchev–Trinajstić information content (AvgIpc) is 2.91. The van der Waals surface area contributed by atoms with Crippen LogP contribution in [0.25, 0.3) is 0 Å². The second kappa shape index (κ2) is 6.75. The molecular weight excluding hydrogens is 344 g/mol. The molecule has 27 heavy (non-hydrogen) atoms. The molecule has 0 aromatic heterocycles. The van der Waals surface area contributed by atoms with Crippen molar-refractivity contribution in [2.75, 3.05) is 0 Å². The number of carbonyl (C=O) groups is 3. The number of allylic oxidation sites excluding steroid dienone is 1. The molecule has 148 valence electrons. The molecule has 5 heteroatoms. The number of hydrogen-bond acceptors (Lipinski definition) is 5. The first-order chi connectivity index (χ1) is 12.8. The highest BCUT2D eigenvalue weighted by atomic mass is 16.5. The summed E-state index contributed by atoms with van der Waals surface area (Å²) in [4.78, 5) is 35.2. The average molecular weight is 374 g/mol. The lowest BCUT2D eigenvalue weighted by Gasteiger charge is -2.53. The third kappa shape index (κ3) is 3.13. The van der Waals surface area contributed by atoms with Gasteiger partial charge in [0.15, 0.2) is 11.9 Å². The topological polar surface area (TPSA) is 69.7 Å². The van der Waals surface area contributed by atoms with Crippen molar-refractivity contribution in [3.8, 4) is 0 Å². The fourth-order valence-electron chi connectivity index (χ4n) is 6.81. The van der Waals surface area contributed by atoms with Crippen molar-refractivity contribution in [3.05, 3.63) is 11.6 Å². The van der Waals surface area contributed by atoms with Crippen LogP contribution in [0, 0.1) is 29.1 Å². The van der Waals surface area contributed by atoms with E-state index in [4.69, 9.17) is 9.47 Å². The Labute approximate surface area is 160 Å². The lowest BCUT2D eigenvalue weighted by atomic mass is 9.52. The van der Waals surface area contributed by atoms with Crippen molar-refractivity contribution in [3.63, 3.8) is 0 Å². The normalized spacial score (nSPS) is 43.1. The minimum Gasteiger partial charge on any atom is -0.462 e. The Balaban J connectivity index is 1.55. The van der Waals surface area contributed by atoms with Crippen LogP contribution in [0.2, 0.25) is 0 Å². The number of ketones is 1. The molecule has 6 unspecified atom stereocenters. The molecule has 4 rings (SSSR count). The van der Waals surface area contributed by atoms with Crippen LogP contribution in [0.1, 0.15) is 65.7 Å². The number of fused-ring (bicyclic) bond motifs is 5. The Morgan fingerprint density at radius 3 is 2.48 bits per heavy atom. The standard InChI is InChI=1S/C22H30O5/c1-12(23)26-20-11-17-14(10-19(20)25)4-5-16-15(17)8-9-22(3)18(16)6-7-21(22)27-13(2)24/h10,15-18,20-21H,4-9,11H2,1-3H3/t15?,16?,17?,18?,20-,21?,22?/m1/s1. The van der Waals surface area contributed by atoms with Gasteiger partial charge in [-0.3, -0.25) is 14.4 Å². The van der Waals surface area contributed by atoms with Gasteiger partial charge in [0.25, 0.3) is 0 Å². The molecule has 7 atom stereocenters. The molecule has 0 N–H and O–H groups in total. The summed E-state index contributed by atoms with van der Waals surface area (Å²) in [6, 6.07) is 0. The lowest BCUT2D eigenvalue weighted by Crippen LogP contribution is -2.49. The van der Waals surface area contributed by atoms with Crippen LogP contribution in [0.4, 0.5) is 0 Å². The Morgan fingerprint density at radius 1 is 1.04 bits per heavy atom. The molecule has 0 aliphatic heterocycles. The van der Waals surface area contributed by atoms with Gasteiger partial charge in [0.2, 0.25) is 0 Å². The SMILES string of the molecule is CC(=O)OC1CCC2C3CCC4=CC(=O)[C@H](OC(C)=O)CC4C3CCC12C. The fourth-order valence-corrected chi connectivity index (χ4v) is 6.81. The van der Waals surface area contributed by atoms with Crippen molar-refractivity contribution >= 4 is 17.7 Å². The zero-order chi connectivity index (χ0) is 19.3. The lowest BCUT2D eigenvalue weighted by molar-refractivity contribution is -0.158. The largest absolute Gasteiger partial charge is 0.462 e. The summed E-state index contributed by atoms with van der Waals surface area (Å²) < 4.78 is 11.0. The summed E-state index contributed by atoms with van der Waals surface area (Å²) >= 11 is 0. The van der Waals surface area contributed by atoms with Crippen molar-refractivity contribution in [1.29, 1.82) is 0 Å². The minimum atomic E-state index is -0.610. The summed E-state index contributed by atoms with van der Waals surface area (Å²) in [6.45, 7) is 5.19. The number of rotatable bonds is 2. The smallest absolute Gasteiger partial charge is 0.303 e. The van der Waals surface area contributed by atoms with Gasteiger partial charge in [0.05, 0.1) is 0 Å². The molecule has 3 saturated carbocycles. The Bertz CT molecular complexity index is 695. The van der Waals surface area contributed by atoms with Crippen molar-refractivity contribution in [2.45, 2.75) is 77.9 Å². The maximum atomic E-state index is 12.3. The highest BCUT2D eigenvalue weighted by Gasteiger charge is 2.57. The van der Waals surface area contributed by atoms with Gasteiger partial charge in [-0.15, -0.1) is 0 Å². The van der Waals surface area contributed by atoms with Crippen molar-refractivity contribution < 1.29 is 23.9 Å². The molecule has 0 amide bonds. The summed E-state index contributed by atoms with van der Waals surface area (Å²) in [7, 11) is 0. The first-order valence-electron chi connectivity index (χ1n) is 10.4. The van der Waals surface area contributed by atoms with Crippen LogP contribution >= 0.6 is 0 Å². The maximum absolute atomic E-state index is 12.3. The van der Waals surface area contributed by atoms with E-state index in [1.54, 1.807) is 6.08 Å². The molecule has 0 aromatic rings. The van der Waals surface area contributed by atoms with Gasteiger partial charge in [-0.05, 0) is 74.7 Å². The molecule has 3 fully saturated rings. The first kappa shape index (κ1) is 18.7. The van der Waals surface area contributed by atoms with Gasteiger partial charge in [0, 0.05) is 19.3 Å². The first-order valence-corrected chi connectivity index (χ1v) is 10.4. The molecule has 4 aliphatic rings. The van der Waals surface area contributed by atoms with Crippen LogP contribution in [0.15, 0.2) is 11.6 Å². The number of carbonyl (C=O) groups excluding carboxylic acids is 3. The Hall–Kier alpha value is -1.65. The van der Waals surface area contributed by atoms with E-state index in [-0.39, 0.29) is 29.2 Å². The number of ether oxygens (including phenoxy) is 2. The molecule has 0 radical (unpaired) electrons. The minimum absolute atomic E-state index is 0.0413. The zero-order valence-electron chi connectivity index (χ0n) is 16.5. The predicted molar refractivity (Wildman–Crippen MR) is 98.6 cm³/mol. The molecule has 0 bridgehead atoms. The van der Waals surface area contributed by atoms with Crippen molar-refractivity contribution in [2.24, 2.45) is 29.1 Å². The number of esters is 2. The van der Waals surface area contributed by atoms with Gasteiger partial charge >= 0.3 is 11.9 Å². The van der Waals surface area contributed by atoms with Gasteiger partial charge in [-0.1, -0.05) is 12.5 Å². The second-order valence-electron chi connectivity index (χ2n) is 9.25. The Morgan fingerprint density at radius 2 is 1.78 bits per heavy atom. The summed E-state index contributed by atoms with van der Waals surface area (Å²) in [6.07, 6.45) is 8.16. The van der Waals surface area contributed by atoms with Gasteiger partial charge in [-0.2, -0.15) is 0 Å². The van der Waals surface area contributed by atoms with E-state index in [0.29, 0.717) is 30.1 Å². The number of hydrogen-bond donors (Lipinski definition) is 0. The second-order valence-corrected chi connectivity index (χ2v) is 9.25. The molecule has 0 spiro atoms. The molecule has 5 nitrogen and oxygen atoms in total. The maximum Gasteiger partial charge on any atom is 0.303 e. The van der Waals surface area contributed by atoms with E-state index in [0.717, 1.165) is 38.5 Å². The molecule has 0 heterocycles. The Kier molecular flexibility index (Phi) is 4.68. The van der Waals surface area contributed by atoms with E-state index >= 15 is 0 Å². The van der Waals surface area contributed by atoms with E-state index in [1.165, 1.54) is 19.4 Å². The molecular formula is C22H30O5. The van der Waals surface area contributed by atoms with Crippen LogP contribution in [-0.2, 0) is 23.9 Å². The highest BCUT2D eigenvalue weighted by Crippen LogP contribution is 2.62. The van der Waals surface area contributed by atoms with Crippen molar-refractivity contribution in [1.82, 2.24) is 0 Å². The van der Waals surface area contributed by atoms with Gasteiger partial charge in [0.1, 0.15) is 6.10 Å². The van der Waals surface area contributed by atoms with Crippen LogP contribution in [0.5, 0.6) is 0 Å². The third-order valence-electron chi connectivity index (χ3n) is 7.89.